The Bertz CT molecular complexity index is 433. The molecule has 0 saturated carbocycles. The predicted molar refractivity (Wildman–Crippen MR) is 71.1 cm³/mol. The van der Waals surface area contributed by atoms with Gasteiger partial charge in [-0.25, -0.2) is 10.8 Å². The van der Waals surface area contributed by atoms with Crippen molar-refractivity contribution in [3.63, 3.8) is 0 Å². The number of aliphatic hydroxyl groups excluding tert-OH is 1. The Morgan fingerprint density at radius 2 is 2.33 bits per heavy atom. The van der Waals surface area contributed by atoms with Crippen molar-refractivity contribution in [3.8, 4) is 0 Å². The molecular formula is C10H14Cl2N4O2. The van der Waals surface area contributed by atoms with Crippen LogP contribution in [0.5, 0.6) is 0 Å². The minimum Gasteiger partial charge on any atom is -0.394 e. The number of pyridine rings is 1. The van der Waals surface area contributed by atoms with Gasteiger partial charge in [0.2, 0.25) is 0 Å². The molecule has 100 valence electrons. The van der Waals surface area contributed by atoms with Gasteiger partial charge in [0, 0.05) is 6.54 Å². The van der Waals surface area contributed by atoms with E-state index in [0.29, 0.717) is 41.4 Å². The van der Waals surface area contributed by atoms with Gasteiger partial charge in [-0.3, -0.25) is 0 Å². The van der Waals surface area contributed by atoms with Crippen molar-refractivity contribution in [3.05, 3.63) is 16.1 Å². The van der Waals surface area contributed by atoms with Crippen LogP contribution in [0.25, 0.3) is 0 Å². The van der Waals surface area contributed by atoms with Crippen molar-refractivity contribution >= 4 is 34.8 Å². The third kappa shape index (κ3) is 2.62. The van der Waals surface area contributed by atoms with Gasteiger partial charge in [0.05, 0.1) is 35.9 Å². The molecule has 1 aliphatic heterocycles. The van der Waals surface area contributed by atoms with Gasteiger partial charge < -0.3 is 20.2 Å². The highest BCUT2D eigenvalue weighted by Crippen LogP contribution is 2.32. The van der Waals surface area contributed by atoms with E-state index in [-0.39, 0.29) is 12.6 Å². The van der Waals surface area contributed by atoms with Crippen LogP contribution in [0.3, 0.4) is 0 Å². The second-order valence-electron chi connectivity index (χ2n) is 3.87. The van der Waals surface area contributed by atoms with E-state index >= 15 is 0 Å². The molecule has 4 N–H and O–H groups in total. The zero-order valence-corrected chi connectivity index (χ0v) is 11.1. The summed E-state index contributed by atoms with van der Waals surface area (Å²) >= 11 is 12.1. The van der Waals surface area contributed by atoms with E-state index in [4.69, 9.17) is 33.8 Å². The zero-order valence-electron chi connectivity index (χ0n) is 9.57. The quantitative estimate of drug-likeness (QED) is 0.566. The van der Waals surface area contributed by atoms with Crippen LogP contribution in [0.1, 0.15) is 0 Å². The molecule has 0 radical (unpaired) electrons. The number of halogens is 2. The Morgan fingerprint density at radius 3 is 3.00 bits per heavy atom. The summed E-state index contributed by atoms with van der Waals surface area (Å²) in [5.74, 6) is 6.22. The van der Waals surface area contributed by atoms with E-state index in [9.17, 15) is 5.11 Å². The van der Waals surface area contributed by atoms with Crippen molar-refractivity contribution in [2.24, 2.45) is 5.84 Å². The highest BCUT2D eigenvalue weighted by atomic mass is 35.5. The number of anilines is 2. The van der Waals surface area contributed by atoms with Crippen molar-refractivity contribution in [2.75, 3.05) is 36.7 Å². The summed E-state index contributed by atoms with van der Waals surface area (Å²) in [5.41, 5.74) is 2.41. The maximum absolute atomic E-state index is 9.34. The molecule has 1 fully saturated rings. The predicted octanol–water partition coefficient (Wildman–Crippen LogP) is 0.872. The third-order valence-electron chi connectivity index (χ3n) is 2.76. The lowest BCUT2D eigenvalue weighted by Crippen LogP contribution is -2.48. The minimum atomic E-state index is -0.171. The summed E-state index contributed by atoms with van der Waals surface area (Å²) in [6, 6.07) is 1.40. The molecule has 0 bridgehead atoms. The number of morpholine rings is 1. The minimum absolute atomic E-state index is 0.0357. The number of aromatic nitrogens is 1. The first-order chi connectivity index (χ1) is 8.67. The molecule has 1 aromatic rings. The molecule has 2 rings (SSSR count). The maximum atomic E-state index is 9.34. The van der Waals surface area contributed by atoms with Crippen LogP contribution in [0.4, 0.5) is 11.6 Å². The topological polar surface area (TPSA) is 83.6 Å². The van der Waals surface area contributed by atoms with E-state index in [2.05, 4.69) is 10.4 Å². The molecule has 0 aliphatic carbocycles. The molecule has 1 saturated heterocycles. The Morgan fingerprint density at radius 1 is 1.56 bits per heavy atom. The number of hydrogen-bond acceptors (Lipinski definition) is 6. The number of nitrogens with zero attached hydrogens (tertiary/aromatic N) is 2. The van der Waals surface area contributed by atoms with Crippen LogP contribution < -0.4 is 16.2 Å². The molecule has 1 unspecified atom stereocenters. The van der Waals surface area contributed by atoms with E-state index < -0.39 is 0 Å². The van der Waals surface area contributed by atoms with Crippen LogP contribution in [0.15, 0.2) is 6.07 Å². The van der Waals surface area contributed by atoms with Crippen molar-refractivity contribution in [2.45, 2.75) is 6.04 Å². The summed E-state index contributed by atoms with van der Waals surface area (Å²) in [5, 5.41) is 10.1. The normalized spacial score (nSPS) is 20.0. The van der Waals surface area contributed by atoms with Crippen LogP contribution in [-0.4, -0.2) is 42.5 Å². The van der Waals surface area contributed by atoms with Crippen LogP contribution in [-0.2, 0) is 4.74 Å². The second-order valence-corrected chi connectivity index (χ2v) is 4.69. The Kier molecular flexibility index (Phi) is 4.47. The summed E-state index contributed by atoms with van der Waals surface area (Å²) in [6.07, 6.45) is 0. The maximum Gasteiger partial charge on any atom is 0.161 e. The Labute approximate surface area is 115 Å². The van der Waals surface area contributed by atoms with E-state index in [1.807, 2.05) is 4.90 Å². The van der Waals surface area contributed by atoms with E-state index in [1.165, 1.54) is 0 Å². The number of aliphatic hydroxyl groups is 1. The largest absolute Gasteiger partial charge is 0.394 e. The van der Waals surface area contributed by atoms with Gasteiger partial charge in [-0.15, -0.1) is 0 Å². The molecule has 2 heterocycles. The summed E-state index contributed by atoms with van der Waals surface area (Å²) < 4.78 is 5.31. The number of hydrazine groups is 1. The first-order valence-electron chi connectivity index (χ1n) is 5.45. The fourth-order valence-electron chi connectivity index (χ4n) is 1.84. The molecule has 1 atom stereocenters. The number of nitrogen functional groups attached to an aromatic ring is 1. The van der Waals surface area contributed by atoms with Gasteiger partial charge in [0.25, 0.3) is 0 Å². The monoisotopic (exact) mass is 292 g/mol. The van der Waals surface area contributed by atoms with Gasteiger partial charge >= 0.3 is 0 Å². The molecule has 1 aromatic heterocycles. The highest BCUT2D eigenvalue weighted by Gasteiger charge is 2.26. The van der Waals surface area contributed by atoms with Crippen LogP contribution in [0, 0.1) is 0 Å². The molecule has 6 nitrogen and oxygen atoms in total. The van der Waals surface area contributed by atoms with E-state index in [0.717, 1.165) is 0 Å². The number of rotatable bonds is 3. The SMILES string of the molecule is NNc1nc(N2CCOCC2CO)c(Cl)cc1Cl. The lowest BCUT2D eigenvalue weighted by Gasteiger charge is -2.36. The fraction of sp³-hybridized carbons (Fsp3) is 0.500. The van der Waals surface area contributed by atoms with Gasteiger partial charge in [-0.05, 0) is 6.07 Å². The molecule has 0 aromatic carbocycles. The number of nitrogens with one attached hydrogen (secondary N) is 1. The van der Waals surface area contributed by atoms with E-state index in [1.54, 1.807) is 6.07 Å². The number of ether oxygens (including phenoxy) is 1. The van der Waals surface area contributed by atoms with Crippen molar-refractivity contribution < 1.29 is 9.84 Å². The average molecular weight is 293 g/mol. The average Bonchev–Trinajstić information content (AvgIpc) is 2.39. The third-order valence-corrected chi connectivity index (χ3v) is 3.32. The van der Waals surface area contributed by atoms with Crippen molar-refractivity contribution in [1.82, 2.24) is 4.98 Å². The van der Waals surface area contributed by atoms with Gasteiger partial charge in [0.1, 0.15) is 0 Å². The lowest BCUT2D eigenvalue weighted by atomic mass is 10.2. The summed E-state index contributed by atoms with van der Waals surface area (Å²) in [6.45, 7) is 1.56. The molecule has 0 spiro atoms. The fourth-order valence-corrected chi connectivity index (χ4v) is 2.37. The molecule has 18 heavy (non-hydrogen) atoms. The lowest BCUT2D eigenvalue weighted by molar-refractivity contribution is 0.0723. The summed E-state index contributed by atoms with van der Waals surface area (Å²) in [4.78, 5) is 6.16. The van der Waals surface area contributed by atoms with Gasteiger partial charge in [-0.1, -0.05) is 23.2 Å². The second kappa shape index (κ2) is 5.90. The first-order valence-corrected chi connectivity index (χ1v) is 6.21. The standard InChI is InChI=1S/C10H14Cl2N4O2/c11-7-3-8(12)10(14-9(7)15-13)16-1-2-18-5-6(16)4-17/h3,6,17H,1-2,4-5,13H2,(H,14,15). The number of hydrogen-bond donors (Lipinski definition) is 3. The van der Waals surface area contributed by atoms with Gasteiger partial charge in [0.15, 0.2) is 11.6 Å². The molecular weight excluding hydrogens is 279 g/mol. The van der Waals surface area contributed by atoms with Crippen LogP contribution >= 0.6 is 23.2 Å². The zero-order chi connectivity index (χ0) is 13.1. The van der Waals surface area contributed by atoms with Gasteiger partial charge in [-0.2, -0.15) is 0 Å². The highest BCUT2D eigenvalue weighted by molar-refractivity contribution is 6.37. The smallest absolute Gasteiger partial charge is 0.161 e. The molecule has 0 amide bonds. The first kappa shape index (κ1) is 13.6. The van der Waals surface area contributed by atoms with Crippen LogP contribution in [0.2, 0.25) is 10.0 Å². The Hall–Kier alpha value is -0.790. The molecule has 8 heteroatoms. The molecule has 1 aliphatic rings. The summed E-state index contributed by atoms with van der Waals surface area (Å²) in [7, 11) is 0. The van der Waals surface area contributed by atoms with Crippen molar-refractivity contribution in [1.29, 1.82) is 0 Å². The Balaban J connectivity index is 2.36. The number of nitrogens with two attached hydrogens (primary N) is 1.